The molecule has 0 saturated heterocycles. The lowest BCUT2D eigenvalue weighted by Gasteiger charge is -2.09. The largest absolute Gasteiger partial charge is 0.491 e. The highest BCUT2D eigenvalue weighted by Gasteiger charge is 2.42. The van der Waals surface area contributed by atoms with Gasteiger partial charge in [0.05, 0.1) is 5.71 Å². The number of rotatable bonds is 2. The standard InChI is InChI=1S/C6H5F3N2O2S/c7-6(8,9)4(12)13-5-11-3(1-10)2-14-5/h1,5,10H,2H2. The Hall–Kier alpha value is -1.05. The average Bonchev–Trinajstić information content (AvgIpc) is 2.50. The van der Waals surface area contributed by atoms with Gasteiger partial charge >= 0.3 is 12.1 Å². The fraction of sp³-hybridized carbons (Fsp3) is 0.500. The van der Waals surface area contributed by atoms with Gasteiger partial charge in [0.1, 0.15) is 0 Å². The normalized spacial score (nSPS) is 21.6. The third-order valence-corrected chi connectivity index (χ3v) is 2.20. The summed E-state index contributed by atoms with van der Waals surface area (Å²) in [4.78, 5) is 13.9. The molecule has 0 radical (unpaired) electrons. The van der Waals surface area contributed by atoms with E-state index in [4.69, 9.17) is 5.41 Å². The molecule has 0 aromatic carbocycles. The van der Waals surface area contributed by atoms with Crippen LogP contribution in [0.3, 0.4) is 0 Å². The summed E-state index contributed by atoms with van der Waals surface area (Å²) in [5.74, 6) is -1.98. The van der Waals surface area contributed by atoms with Crippen molar-refractivity contribution < 1.29 is 22.7 Å². The number of aliphatic imine (C=N–C) groups is 1. The van der Waals surface area contributed by atoms with Crippen LogP contribution in [0.15, 0.2) is 4.99 Å². The Labute approximate surface area is 81.0 Å². The maximum atomic E-state index is 11.7. The van der Waals surface area contributed by atoms with E-state index in [1.165, 1.54) is 0 Å². The zero-order chi connectivity index (χ0) is 10.8. The molecule has 1 N–H and O–H groups in total. The van der Waals surface area contributed by atoms with Crippen LogP contribution in [0, 0.1) is 5.41 Å². The first-order valence-corrected chi connectivity index (χ1v) is 4.45. The maximum absolute atomic E-state index is 11.7. The van der Waals surface area contributed by atoms with Crippen molar-refractivity contribution in [3.63, 3.8) is 0 Å². The molecular weight excluding hydrogens is 221 g/mol. The van der Waals surface area contributed by atoms with Crippen molar-refractivity contribution in [1.29, 1.82) is 5.41 Å². The van der Waals surface area contributed by atoms with Crippen molar-refractivity contribution in [2.75, 3.05) is 5.75 Å². The molecule has 0 spiro atoms. The molecule has 0 fully saturated rings. The van der Waals surface area contributed by atoms with Crippen molar-refractivity contribution in [2.24, 2.45) is 4.99 Å². The van der Waals surface area contributed by atoms with E-state index >= 15 is 0 Å². The molecule has 14 heavy (non-hydrogen) atoms. The minimum atomic E-state index is -5.00. The number of nitrogens with zero attached hydrogens (tertiary/aromatic N) is 1. The predicted octanol–water partition coefficient (Wildman–Crippen LogP) is 1.21. The zero-order valence-corrected chi connectivity index (χ0v) is 7.48. The molecule has 1 heterocycles. The lowest BCUT2D eigenvalue weighted by atomic mass is 10.5. The van der Waals surface area contributed by atoms with Gasteiger partial charge in [-0.15, -0.1) is 0 Å². The fourth-order valence-corrected chi connectivity index (χ4v) is 1.50. The van der Waals surface area contributed by atoms with Gasteiger partial charge in [0.2, 0.25) is 5.56 Å². The summed E-state index contributed by atoms with van der Waals surface area (Å²) in [7, 11) is 0. The fourth-order valence-electron chi connectivity index (χ4n) is 0.664. The van der Waals surface area contributed by atoms with E-state index in [9.17, 15) is 18.0 Å². The van der Waals surface area contributed by atoms with E-state index in [-0.39, 0.29) is 5.75 Å². The first-order chi connectivity index (χ1) is 6.43. The summed E-state index contributed by atoms with van der Waals surface area (Å²) in [5.41, 5.74) is -0.879. The highest BCUT2D eigenvalue weighted by atomic mass is 32.2. The van der Waals surface area contributed by atoms with Gasteiger partial charge in [0.25, 0.3) is 0 Å². The number of alkyl halides is 3. The number of ether oxygens (including phenoxy) is 1. The molecule has 1 unspecified atom stereocenters. The monoisotopic (exact) mass is 226 g/mol. The topological polar surface area (TPSA) is 62.5 Å². The number of esters is 1. The molecule has 0 bridgehead atoms. The molecular formula is C6H5F3N2O2S. The highest BCUT2D eigenvalue weighted by Crippen LogP contribution is 2.25. The van der Waals surface area contributed by atoms with E-state index in [2.05, 4.69) is 9.73 Å². The predicted molar refractivity (Wildman–Crippen MR) is 44.6 cm³/mol. The molecule has 8 heteroatoms. The van der Waals surface area contributed by atoms with Crippen molar-refractivity contribution in [3.8, 4) is 0 Å². The maximum Gasteiger partial charge on any atom is 0.491 e. The van der Waals surface area contributed by atoms with E-state index in [1.807, 2.05) is 0 Å². The molecule has 1 rings (SSSR count). The van der Waals surface area contributed by atoms with Crippen molar-refractivity contribution in [2.45, 2.75) is 11.7 Å². The highest BCUT2D eigenvalue weighted by molar-refractivity contribution is 8.00. The van der Waals surface area contributed by atoms with Crippen LogP contribution in [0.2, 0.25) is 0 Å². The SMILES string of the molecule is N=CC1=NC(OC(=O)C(F)(F)F)SC1. The Morgan fingerprint density at radius 2 is 2.36 bits per heavy atom. The summed E-state index contributed by atoms with van der Waals surface area (Å²) in [6.45, 7) is 0. The van der Waals surface area contributed by atoms with Crippen LogP contribution in [-0.4, -0.2) is 35.4 Å². The molecule has 1 aliphatic heterocycles. The Balaban J connectivity index is 2.51. The first kappa shape index (κ1) is 11.0. The minimum Gasteiger partial charge on any atom is -0.423 e. The van der Waals surface area contributed by atoms with Crippen molar-refractivity contribution in [3.05, 3.63) is 0 Å². The quantitative estimate of drug-likeness (QED) is 0.568. The third-order valence-electron chi connectivity index (χ3n) is 1.25. The number of halogens is 3. The number of thioether (sulfide) groups is 1. The summed E-state index contributed by atoms with van der Waals surface area (Å²) >= 11 is 0.921. The van der Waals surface area contributed by atoms with Crippen LogP contribution in [0.1, 0.15) is 0 Å². The molecule has 78 valence electrons. The van der Waals surface area contributed by atoms with Gasteiger partial charge < -0.3 is 10.1 Å². The second-order valence-electron chi connectivity index (χ2n) is 2.29. The second-order valence-corrected chi connectivity index (χ2v) is 3.31. The number of carbonyl (C=O) groups is 1. The first-order valence-electron chi connectivity index (χ1n) is 3.40. The molecule has 0 amide bonds. The van der Waals surface area contributed by atoms with Gasteiger partial charge in [-0.1, -0.05) is 11.8 Å². The van der Waals surface area contributed by atoms with E-state index < -0.39 is 17.7 Å². The Kier molecular flexibility index (Phi) is 3.14. The molecule has 1 atom stereocenters. The van der Waals surface area contributed by atoms with Gasteiger partial charge in [-0.05, 0) is 0 Å². The minimum absolute atomic E-state index is 0.277. The van der Waals surface area contributed by atoms with E-state index in [0.29, 0.717) is 5.71 Å². The van der Waals surface area contributed by atoms with Crippen LogP contribution in [-0.2, 0) is 9.53 Å². The summed E-state index contributed by atoms with van der Waals surface area (Å²) < 4.78 is 39.1. The van der Waals surface area contributed by atoms with Gasteiger partial charge in [-0.2, -0.15) is 13.2 Å². The van der Waals surface area contributed by atoms with Crippen LogP contribution < -0.4 is 0 Å². The lowest BCUT2D eigenvalue weighted by Crippen LogP contribution is -2.27. The molecule has 4 nitrogen and oxygen atoms in total. The third kappa shape index (κ3) is 2.72. The molecule has 0 saturated carbocycles. The number of nitrogens with one attached hydrogen (secondary N) is 1. The van der Waals surface area contributed by atoms with Crippen LogP contribution >= 0.6 is 11.8 Å². The summed E-state index contributed by atoms with van der Waals surface area (Å²) in [6, 6.07) is 0. The number of hydrogen-bond acceptors (Lipinski definition) is 5. The summed E-state index contributed by atoms with van der Waals surface area (Å²) in [5, 5.41) is 6.76. The van der Waals surface area contributed by atoms with Gasteiger partial charge in [-0.25, -0.2) is 9.79 Å². The Morgan fingerprint density at radius 3 is 2.79 bits per heavy atom. The number of carbonyl (C=O) groups excluding carboxylic acids is 1. The molecule has 0 aromatic heterocycles. The van der Waals surface area contributed by atoms with Gasteiger partial charge in [0, 0.05) is 12.0 Å². The Bertz CT molecular complexity index is 289. The van der Waals surface area contributed by atoms with Crippen LogP contribution in [0.4, 0.5) is 13.2 Å². The van der Waals surface area contributed by atoms with Crippen molar-refractivity contribution in [1.82, 2.24) is 0 Å². The molecule has 1 aliphatic rings. The Morgan fingerprint density at radius 1 is 1.71 bits per heavy atom. The van der Waals surface area contributed by atoms with Gasteiger partial charge in [0.15, 0.2) is 0 Å². The van der Waals surface area contributed by atoms with E-state index in [0.717, 1.165) is 18.0 Å². The summed E-state index contributed by atoms with van der Waals surface area (Å²) in [6.07, 6.45) is -4.09. The lowest BCUT2D eigenvalue weighted by molar-refractivity contribution is -0.200. The van der Waals surface area contributed by atoms with Crippen molar-refractivity contribution >= 4 is 29.7 Å². The zero-order valence-electron chi connectivity index (χ0n) is 6.67. The van der Waals surface area contributed by atoms with Gasteiger partial charge in [-0.3, -0.25) is 0 Å². The number of hydrogen-bond donors (Lipinski definition) is 1. The smallest absolute Gasteiger partial charge is 0.423 e. The molecule has 0 aliphatic carbocycles. The second kappa shape index (κ2) is 3.99. The molecule has 0 aromatic rings. The average molecular weight is 226 g/mol. The van der Waals surface area contributed by atoms with Crippen LogP contribution in [0.5, 0.6) is 0 Å². The van der Waals surface area contributed by atoms with E-state index in [1.54, 1.807) is 0 Å². The van der Waals surface area contributed by atoms with Crippen LogP contribution in [0.25, 0.3) is 0 Å².